The second-order valence-electron chi connectivity index (χ2n) is 4.02. The largest absolute Gasteiger partial charge is 0.298 e. The Kier molecular flexibility index (Phi) is 3.28. The first-order chi connectivity index (χ1) is 7.56. The van der Waals surface area contributed by atoms with Crippen LogP contribution in [0.3, 0.4) is 0 Å². The number of ketones is 1. The zero-order chi connectivity index (χ0) is 11.7. The molecule has 1 heterocycles. The van der Waals surface area contributed by atoms with Gasteiger partial charge in [-0.3, -0.25) is 4.79 Å². The minimum atomic E-state index is -0.827. The van der Waals surface area contributed by atoms with Gasteiger partial charge >= 0.3 is 0 Å². The minimum absolute atomic E-state index is 0.0373. The maximum absolute atomic E-state index is 13.0. The monoisotopic (exact) mass is 242 g/mol. The lowest BCUT2D eigenvalue weighted by Gasteiger charge is -2.08. The quantitative estimate of drug-likeness (QED) is 0.793. The molecule has 2 atom stereocenters. The first kappa shape index (κ1) is 11.6. The standard InChI is InChI=1S/C12H12F2OS/c1-7-12(15)6-9(16-7)4-8-2-3-10(13)11(14)5-8/h2-3,5,7,9H,4,6H2,1H3. The predicted molar refractivity (Wildman–Crippen MR) is 60.5 cm³/mol. The normalized spacial score (nSPS) is 25.1. The average Bonchev–Trinajstić information content (AvgIpc) is 2.52. The molecule has 1 aromatic carbocycles. The number of hydrogen-bond donors (Lipinski definition) is 0. The maximum atomic E-state index is 13.0. The lowest BCUT2D eigenvalue weighted by molar-refractivity contribution is -0.117. The Balaban J connectivity index is 2.05. The lowest BCUT2D eigenvalue weighted by Crippen LogP contribution is -2.05. The molecule has 1 aromatic rings. The van der Waals surface area contributed by atoms with Gasteiger partial charge in [0.1, 0.15) is 5.78 Å². The van der Waals surface area contributed by atoms with E-state index in [1.54, 1.807) is 17.8 Å². The summed E-state index contributed by atoms with van der Waals surface area (Å²) < 4.78 is 25.7. The molecule has 1 aliphatic rings. The molecule has 86 valence electrons. The molecule has 1 fully saturated rings. The third-order valence-corrected chi connectivity index (χ3v) is 4.12. The van der Waals surface area contributed by atoms with E-state index >= 15 is 0 Å². The predicted octanol–water partition coefficient (Wildman–Crippen LogP) is 2.97. The van der Waals surface area contributed by atoms with Gasteiger partial charge in [-0.25, -0.2) is 8.78 Å². The fourth-order valence-electron chi connectivity index (χ4n) is 1.85. The van der Waals surface area contributed by atoms with E-state index in [1.165, 1.54) is 6.07 Å². The molecular weight excluding hydrogens is 230 g/mol. The molecule has 0 radical (unpaired) electrons. The van der Waals surface area contributed by atoms with Gasteiger partial charge in [-0.1, -0.05) is 6.07 Å². The minimum Gasteiger partial charge on any atom is -0.298 e. The summed E-state index contributed by atoms with van der Waals surface area (Å²) in [5.41, 5.74) is 0.748. The van der Waals surface area contributed by atoms with E-state index < -0.39 is 11.6 Å². The third-order valence-electron chi connectivity index (χ3n) is 2.73. The van der Waals surface area contributed by atoms with Crippen molar-refractivity contribution >= 4 is 17.5 Å². The van der Waals surface area contributed by atoms with Crippen molar-refractivity contribution in [3.05, 3.63) is 35.4 Å². The van der Waals surface area contributed by atoms with Crippen LogP contribution in [-0.2, 0) is 11.2 Å². The molecule has 2 unspecified atom stereocenters. The number of rotatable bonds is 2. The van der Waals surface area contributed by atoms with Crippen LogP contribution in [-0.4, -0.2) is 16.3 Å². The Hall–Kier alpha value is -0.900. The summed E-state index contributed by atoms with van der Waals surface area (Å²) >= 11 is 1.61. The van der Waals surface area contributed by atoms with Crippen LogP contribution in [0.15, 0.2) is 18.2 Å². The van der Waals surface area contributed by atoms with Crippen LogP contribution in [0.4, 0.5) is 8.78 Å². The average molecular weight is 242 g/mol. The fraction of sp³-hybridized carbons (Fsp3) is 0.417. The SMILES string of the molecule is CC1SC(Cc2ccc(F)c(F)c2)CC1=O. The Bertz CT molecular complexity index is 419. The Morgan fingerprint density at radius 2 is 2.12 bits per heavy atom. The molecule has 1 nitrogen and oxygen atoms in total. The van der Waals surface area contributed by atoms with Crippen molar-refractivity contribution in [3.8, 4) is 0 Å². The molecule has 0 saturated carbocycles. The van der Waals surface area contributed by atoms with E-state index in [0.717, 1.165) is 11.6 Å². The topological polar surface area (TPSA) is 17.1 Å². The van der Waals surface area contributed by atoms with Gasteiger partial charge < -0.3 is 0 Å². The molecule has 0 bridgehead atoms. The summed E-state index contributed by atoms with van der Waals surface area (Å²) in [6.07, 6.45) is 1.16. The summed E-state index contributed by atoms with van der Waals surface area (Å²) in [4.78, 5) is 11.3. The zero-order valence-corrected chi connectivity index (χ0v) is 9.69. The van der Waals surface area contributed by atoms with Gasteiger partial charge in [-0.15, -0.1) is 11.8 Å². The van der Waals surface area contributed by atoms with Crippen molar-refractivity contribution in [2.75, 3.05) is 0 Å². The number of Topliss-reactive ketones (excluding diaryl/α,β-unsaturated/α-hetero) is 1. The van der Waals surface area contributed by atoms with Crippen LogP contribution in [0.2, 0.25) is 0 Å². The Morgan fingerprint density at radius 3 is 2.69 bits per heavy atom. The number of hydrogen-bond acceptors (Lipinski definition) is 2. The van der Waals surface area contributed by atoms with E-state index in [2.05, 4.69) is 0 Å². The van der Waals surface area contributed by atoms with Gasteiger partial charge in [0.15, 0.2) is 11.6 Å². The summed E-state index contributed by atoms with van der Waals surface area (Å²) in [7, 11) is 0. The highest BCUT2D eigenvalue weighted by Gasteiger charge is 2.29. The van der Waals surface area contributed by atoms with Gasteiger partial charge in [0.05, 0.1) is 5.25 Å². The second-order valence-corrected chi connectivity index (χ2v) is 5.67. The van der Waals surface area contributed by atoms with Crippen LogP contribution in [0, 0.1) is 11.6 Å². The van der Waals surface area contributed by atoms with Crippen molar-refractivity contribution in [2.45, 2.75) is 30.3 Å². The van der Waals surface area contributed by atoms with Gasteiger partial charge in [-0.05, 0) is 31.0 Å². The van der Waals surface area contributed by atoms with E-state index in [1.807, 2.05) is 6.92 Å². The van der Waals surface area contributed by atoms with Crippen LogP contribution >= 0.6 is 11.8 Å². The molecule has 0 amide bonds. The molecular formula is C12H12F2OS. The van der Waals surface area contributed by atoms with Crippen LogP contribution in [0.1, 0.15) is 18.9 Å². The second kappa shape index (κ2) is 4.53. The van der Waals surface area contributed by atoms with Gasteiger partial charge in [0.2, 0.25) is 0 Å². The number of carbonyl (C=O) groups excluding carboxylic acids is 1. The summed E-state index contributed by atoms with van der Waals surface area (Å²) in [5, 5.41) is 0.239. The molecule has 4 heteroatoms. The highest BCUT2D eigenvalue weighted by atomic mass is 32.2. The number of thioether (sulfide) groups is 1. The van der Waals surface area contributed by atoms with Crippen molar-refractivity contribution in [2.24, 2.45) is 0 Å². The lowest BCUT2D eigenvalue weighted by atomic mass is 10.1. The van der Waals surface area contributed by atoms with E-state index in [9.17, 15) is 13.6 Å². The highest BCUT2D eigenvalue weighted by molar-refractivity contribution is 8.01. The number of carbonyl (C=O) groups is 1. The summed E-state index contributed by atoms with van der Waals surface area (Å²) in [6, 6.07) is 3.92. The van der Waals surface area contributed by atoms with Crippen LogP contribution < -0.4 is 0 Å². The van der Waals surface area contributed by atoms with Gasteiger partial charge in [-0.2, -0.15) is 0 Å². The Labute approximate surface area is 97.2 Å². The zero-order valence-electron chi connectivity index (χ0n) is 8.87. The summed E-state index contributed by atoms with van der Waals surface area (Å²) in [6.45, 7) is 1.89. The Morgan fingerprint density at radius 1 is 1.38 bits per heavy atom. The van der Waals surface area contributed by atoms with Gasteiger partial charge in [0.25, 0.3) is 0 Å². The molecule has 2 rings (SSSR count). The molecule has 0 aliphatic carbocycles. The van der Waals surface area contributed by atoms with E-state index in [-0.39, 0.29) is 16.3 Å². The molecule has 1 saturated heterocycles. The highest BCUT2D eigenvalue weighted by Crippen LogP contribution is 2.32. The molecule has 0 N–H and O–H groups in total. The third kappa shape index (κ3) is 2.43. The number of halogens is 2. The van der Waals surface area contributed by atoms with Crippen LogP contribution in [0.5, 0.6) is 0 Å². The van der Waals surface area contributed by atoms with Crippen molar-refractivity contribution < 1.29 is 13.6 Å². The smallest absolute Gasteiger partial charge is 0.159 e. The first-order valence-electron chi connectivity index (χ1n) is 5.18. The van der Waals surface area contributed by atoms with Crippen molar-refractivity contribution in [3.63, 3.8) is 0 Å². The summed E-state index contributed by atoms with van der Waals surface area (Å²) in [5.74, 6) is -1.40. The molecule has 16 heavy (non-hydrogen) atoms. The first-order valence-corrected chi connectivity index (χ1v) is 6.12. The van der Waals surface area contributed by atoms with E-state index in [0.29, 0.717) is 12.8 Å². The molecule has 1 aliphatic heterocycles. The van der Waals surface area contributed by atoms with E-state index in [4.69, 9.17) is 0 Å². The molecule has 0 spiro atoms. The number of benzene rings is 1. The molecule has 0 aromatic heterocycles. The van der Waals surface area contributed by atoms with Crippen molar-refractivity contribution in [1.29, 1.82) is 0 Å². The van der Waals surface area contributed by atoms with Gasteiger partial charge in [0, 0.05) is 11.7 Å². The van der Waals surface area contributed by atoms with Crippen LogP contribution in [0.25, 0.3) is 0 Å². The maximum Gasteiger partial charge on any atom is 0.159 e. The van der Waals surface area contributed by atoms with Crippen molar-refractivity contribution in [1.82, 2.24) is 0 Å². The fourth-order valence-corrected chi connectivity index (χ4v) is 3.23.